The number of guanidine groups is 1. The molecule has 0 unspecified atom stereocenters. The third-order valence-corrected chi connectivity index (χ3v) is 4.83. The quantitative estimate of drug-likeness (QED) is 0.288. The number of hydrogen-bond donors (Lipinski definition) is 2. The van der Waals surface area contributed by atoms with Crippen LogP contribution in [0, 0.1) is 5.92 Å². The lowest BCUT2D eigenvalue weighted by Gasteiger charge is -2.35. The Morgan fingerprint density at radius 2 is 1.66 bits per heavy atom. The second-order valence-electron chi connectivity index (χ2n) is 7.85. The second kappa shape index (κ2) is 15.1. The Morgan fingerprint density at radius 3 is 2.24 bits per heavy atom. The van der Waals surface area contributed by atoms with Gasteiger partial charge in [-0.25, -0.2) is 0 Å². The maximum Gasteiger partial charge on any atom is 0.222 e. The summed E-state index contributed by atoms with van der Waals surface area (Å²) in [5, 5.41) is 6.43. The van der Waals surface area contributed by atoms with Crippen LogP contribution in [0.25, 0.3) is 0 Å². The van der Waals surface area contributed by atoms with Crippen LogP contribution in [0.3, 0.4) is 0 Å². The van der Waals surface area contributed by atoms with E-state index in [2.05, 4.69) is 29.5 Å². The molecule has 1 saturated heterocycles. The number of nitrogens with one attached hydrogen (secondary N) is 2. The molecule has 8 nitrogen and oxygen atoms in total. The van der Waals surface area contributed by atoms with Crippen molar-refractivity contribution < 1.29 is 14.3 Å². The summed E-state index contributed by atoms with van der Waals surface area (Å²) in [6, 6.07) is 0. The summed E-state index contributed by atoms with van der Waals surface area (Å²) in [5.41, 5.74) is 0. The van der Waals surface area contributed by atoms with Crippen LogP contribution in [0.2, 0.25) is 0 Å². The number of methoxy groups -OCH3 is 1. The molecule has 168 valence electrons. The highest BCUT2D eigenvalue weighted by Gasteiger charge is 2.23. The van der Waals surface area contributed by atoms with Crippen LogP contribution in [0.4, 0.5) is 0 Å². The van der Waals surface area contributed by atoms with E-state index in [0.29, 0.717) is 51.5 Å². The Labute approximate surface area is 176 Å². The number of ether oxygens (including phenoxy) is 1. The van der Waals surface area contributed by atoms with Crippen molar-refractivity contribution in [2.75, 3.05) is 59.5 Å². The topological polar surface area (TPSA) is 86.3 Å². The van der Waals surface area contributed by atoms with E-state index < -0.39 is 0 Å². The van der Waals surface area contributed by atoms with E-state index in [4.69, 9.17) is 4.74 Å². The van der Waals surface area contributed by atoms with Gasteiger partial charge in [0.1, 0.15) is 0 Å². The fraction of sp³-hybridized carbons (Fsp3) is 0.857. The molecule has 0 atom stereocenters. The first-order chi connectivity index (χ1) is 14.0. The van der Waals surface area contributed by atoms with E-state index in [1.54, 1.807) is 7.11 Å². The Morgan fingerprint density at radius 1 is 1.00 bits per heavy atom. The lowest BCUT2D eigenvalue weighted by atomic mass is 10.1. The molecule has 1 fully saturated rings. The molecule has 0 saturated carbocycles. The molecule has 0 aliphatic carbocycles. The highest BCUT2D eigenvalue weighted by atomic mass is 16.5. The van der Waals surface area contributed by atoms with Crippen LogP contribution >= 0.6 is 0 Å². The summed E-state index contributed by atoms with van der Waals surface area (Å²) >= 11 is 0. The maximum atomic E-state index is 12.4. The third-order valence-electron chi connectivity index (χ3n) is 4.83. The molecule has 0 aromatic heterocycles. The minimum absolute atomic E-state index is 0.207. The molecule has 0 bridgehead atoms. The van der Waals surface area contributed by atoms with Crippen LogP contribution in [0.15, 0.2) is 4.99 Å². The van der Waals surface area contributed by atoms with Gasteiger partial charge in [0.2, 0.25) is 11.8 Å². The molecule has 0 aromatic carbocycles. The van der Waals surface area contributed by atoms with Crippen molar-refractivity contribution in [3.05, 3.63) is 0 Å². The fourth-order valence-corrected chi connectivity index (χ4v) is 3.21. The van der Waals surface area contributed by atoms with Crippen molar-refractivity contribution in [3.63, 3.8) is 0 Å². The number of piperazine rings is 1. The predicted molar refractivity (Wildman–Crippen MR) is 117 cm³/mol. The van der Waals surface area contributed by atoms with Gasteiger partial charge in [0.25, 0.3) is 0 Å². The lowest BCUT2D eigenvalue weighted by Crippen LogP contribution is -2.50. The molecule has 0 aromatic rings. The summed E-state index contributed by atoms with van der Waals surface area (Å²) in [6.45, 7) is 11.7. The van der Waals surface area contributed by atoms with Gasteiger partial charge in [0.15, 0.2) is 5.96 Å². The zero-order chi connectivity index (χ0) is 21.5. The van der Waals surface area contributed by atoms with Crippen LogP contribution in [-0.4, -0.2) is 87.1 Å². The molecule has 1 aliphatic rings. The average molecular weight is 412 g/mol. The summed E-state index contributed by atoms with van der Waals surface area (Å²) in [7, 11) is 1.68. The number of nitrogens with zero attached hydrogens (tertiary/aromatic N) is 3. The monoisotopic (exact) mass is 411 g/mol. The first kappa shape index (κ1) is 25.2. The Balaban J connectivity index is 2.17. The zero-order valence-corrected chi connectivity index (χ0v) is 18.8. The van der Waals surface area contributed by atoms with Gasteiger partial charge in [-0.3, -0.25) is 14.6 Å². The van der Waals surface area contributed by atoms with Crippen LogP contribution < -0.4 is 10.6 Å². The normalized spacial score (nSPS) is 15.0. The van der Waals surface area contributed by atoms with Crippen molar-refractivity contribution in [1.29, 1.82) is 0 Å². The summed E-state index contributed by atoms with van der Waals surface area (Å²) in [4.78, 5) is 32.8. The molecule has 29 heavy (non-hydrogen) atoms. The maximum absolute atomic E-state index is 12.4. The van der Waals surface area contributed by atoms with Gasteiger partial charge in [0.05, 0.1) is 6.61 Å². The standard InChI is InChI=1S/C21H41N5O3/c1-5-22-21(24-11-16-29-4)23-10-8-6-7-9-19(27)25-12-14-26(15-13-25)20(28)17-18(2)3/h18H,5-17H2,1-4H3,(H2,22,23,24). The summed E-state index contributed by atoms with van der Waals surface area (Å²) < 4.78 is 5.03. The molecule has 0 spiro atoms. The van der Waals surface area contributed by atoms with Gasteiger partial charge < -0.3 is 25.2 Å². The Bertz CT molecular complexity index is 503. The van der Waals surface area contributed by atoms with E-state index in [-0.39, 0.29) is 11.8 Å². The minimum atomic E-state index is 0.207. The smallest absolute Gasteiger partial charge is 0.222 e. The molecule has 1 rings (SSSR count). The number of aliphatic imine (C=N–C) groups is 1. The summed E-state index contributed by atoms with van der Waals surface area (Å²) in [6.07, 6.45) is 4.00. The van der Waals surface area contributed by atoms with Crippen molar-refractivity contribution >= 4 is 17.8 Å². The Kier molecular flexibility index (Phi) is 13.1. The number of carbonyl (C=O) groups is 2. The van der Waals surface area contributed by atoms with E-state index in [1.807, 2.05) is 16.7 Å². The number of unbranched alkanes of at least 4 members (excludes halogenated alkanes) is 2. The largest absolute Gasteiger partial charge is 0.383 e. The number of carbonyl (C=O) groups excluding carboxylic acids is 2. The third kappa shape index (κ3) is 11.1. The SMILES string of the molecule is CCNC(=NCCCCCC(=O)N1CCN(C(=O)CC(C)C)CC1)NCCOC. The molecular formula is C21H41N5O3. The van der Waals surface area contributed by atoms with E-state index >= 15 is 0 Å². The molecule has 2 N–H and O–H groups in total. The average Bonchev–Trinajstić information content (AvgIpc) is 2.70. The van der Waals surface area contributed by atoms with Gasteiger partial charge in [0, 0.05) is 65.8 Å². The van der Waals surface area contributed by atoms with Gasteiger partial charge in [-0.2, -0.15) is 0 Å². The van der Waals surface area contributed by atoms with Crippen LogP contribution in [0.5, 0.6) is 0 Å². The Hall–Kier alpha value is -1.83. The summed E-state index contributed by atoms with van der Waals surface area (Å²) in [5.74, 6) is 1.60. The van der Waals surface area contributed by atoms with Gasteiger partial charge >= 0.3 is 0 Å². The fourth-order valence-electron chi connectivity index (χ4n) is 3.21. The van der Waals surface area contributed by atoms with E-state index in [0.717, 1.165) is 44.9 Å². The van der Waals surface area contributed by atoms with Gasteiger partial charge in [-0.15, -0.1) is 0 Å². The molecule has 0 radical (unpaired) electrons. The van der Waals surface area contributed by atoms with Crippen molar-refractivity contribution in [2.24, 2.45) is 10.9 Å². The molecule has 2 amide bonds. The lowest BCUT2D eigenvalue weighted by molar-refractivity contribution is -0.140. The van der Waals surface area contributed by atoms with Crippen LogP contribution in [0.1, 0.15) is 52.9 Å². The zero-order valence-electron chi connectivity index (χ0n) is 18.8. The molecular weight excluding hydrogens is 370 g/mol. The first-order valence-corrected chi connectivity index (χ1v) is 11.0. The molecule has 1 heterocycles. The van der Waals surface area contributed by atoms with Gasteiger partial charge in [-0.05, 0) is 25.7 Å². The minimum Gasteiger partial charge on any atom is -0.383 e. The highest BCUT2D eigenvalue weighted by Crippen LogP contribution is 2.10. The number of rotatable bonds is 12. The first-order valence-electron chi connectivity index (χ1n) is 11.0. The van der Waals surface area contributed by atoms with Crippen LogP contribution in [-0.2, 0) is 14.3 Å². The number of hydrogen-bond acceptors (Lipinski definition) is 4. The van der Waals surface area contributed by atoms with Crippen molar-refractivity contribution in [1.82, 2.24) is 20.4 Å². The van der Waals surface area contributed by atoms with Crippen molar-refractivity contribution in [2.45, 2.75) is 52.9 Å². The van der Waals surface area contributed by atoms with Gasteiger partial charge in [-0.1, -0.05) is 20.3 Å². The predicted octanol–water partition coefficient (Wildman–Crippen LogP) is 1.47. The highest BCUT2D eigenvalue weighted by molar-refractivity contribution is 5.79. The van der Waals surface area contributed by atoms with E-state index in [1.165, 1.54) is 0 Å². The number of amides is 2. The molecule has 8 heteroatoms. The van der Waals surface area contributed by atoms with Crippen molar-refractivity contribution in [3.8, 4) is 0 Å². The molecule has 1 aliphatic heterocycles. The van der Waals surface area contributed by atoms with E-state index in [9.17, 15) is 9.59 Å². The second-order valence-corrected chi connectivity index (χ2v) is 7.85.